The molecule has 0 spiro atoms. The van der Waals surface area contributed by atoms with E-state index < -0.39 is 23.7 Å². The summed E-state index contributed by atoms with van der Waals surface area (Å²) in [6, 6.07) is 6.17. The van der Waals surface area contributed by atoms with Gasteiger partial charge in [0.05, 0.1) is 0 Å². The highest BCUT2D eigenvalue weighted by Crippen LogP contribution is 2.25. The zero-order chi connectivity index (χ0) is 21.2. The van der Waals surface area contributed by atoms with Crippen molar-refractivity contribution >= 4 is 22.8 Å². The third-order valence-electron chi connectivity index (χ3n) is 5.30. The second-order valence-electron chi connectivity index (χ2n) is 7.47. The Hall–Kier alpha value is -3.62. The zero-order valence-corrected chi connectivity index (χ0v) is 17.0. The molecule has 2 N–H and O–H groups in total. The van der Waals surface area contributed by atoms with Gasteiger partial charge in [-0.15, -0.1) is 0 Å². The van der Waals surface area contributed by atoms with Crippen molar-refractivity contribution in [3.05, 3.63) is 61.6 Å². The van der Waals surface area contributed by atoms with Gasteiger partial charge >= 0.3 is 5.69 Å². The molecule has 0 bridgehead atoms. The maximum absolute atomic E-state index is 13.1. The summed E-state index contributed by atoms with van der Waals surface area (Å²) < 4.78 is 5.83. The molecule has 3 heterocycles. The number of aryl methyl sites for hydroxylation is 4. The van der Waals surface area contributed by atoms with Gasteiger partial charge in [-0.2, -0.15) is 4.98 Å². The minimum atomic E-state index is -0.759. The molecule has 0 radical (unpaired) electrons. The Kier molecular flexibility index (Phi) is 4.00. The smallest absolute Gasteiger partial charge is 0.332 e. The Balaban J connectivity index is 2.20. The molecule has 0 aliphatic carbocycles. The molecule has 0 atom stereocenters. The zero-order valence-electron chi connectivity index (χ0n) is 17.0. The third kappa shape index (κ3) is 2.61. The molecule has 3 aromatic heterocycles. The molecular weight excluding hydrogens is 372 g/mol. The molecule has 9 heteroatoms. The van der Waals surface area contributed by atoms with Crippen LogP contribution in [0.5, 0.6) is 0 Å². The van der Waals surface area contributed by atoms with E-state index in [-0.39, 0.29) is 11.2 Å². The van der Waals surface area contributed by atoms with Crippen LogP contribution in [-0.2, 0) is 18.4 Å². The largest absolute Gasteiger partial charge is 0.368 e. The summed E-state index contributed by atoms with van der Waals surface area (Å²) in [5.74, 6) is -0.228. The van der Waals surface area contributed by atoms with Crippen molar-refractivity contribution in [3.8, 4) is 5.69 Å². The van der Waals surface area contributed by atoms with Crippen LogP contribution in [0.4, 0.5) is 0 Å². The van der Waals surface area contributed by atoms with Crippen molar-refractivity contribution < 1.29 is 4.79 Å². The fourth-order valence-electron chi connectivity index (χ4n) is 3.93. The van der Waals surface area contributed by atoms with Crippen LogP contribution in [0.15, 0.2) is 27.8 Å². The van der Waals surface area contributed by atoms with E-state index in [0.29, 0.717) is 5.78 Å². The lowest BCUT2D eigenvalue weighted by Crippen LogP contribution is -2.42. The number of carbonyl (C=O) groups is 1. The monoisotopic (exact) mass is 394 g/mol. The van der Waals surface area contributed by atoms with Gasteiger partial charge in [0.1, 0.15) is 6.54 Å². The number of benzene rings is 1. The molecular formula is C20H22N6O3. The van der Waals surface area contributed by atoms with Crippen molar-refractivity contribution in [1.29, 1.82) is 0 Å². The van der Waals surface area contributed by atoms with E-state index in [1.54, 1.807) is 4.40 Å². The molecule has 0 unspecified atom stereocenters. The number of primary amides is 1. The SMILES string of the molecule is Cc1cc(C)cc(-n2c(C)c(C)n3c4c(=O)n(CC(N)=O)c(=O)n(C)c4nc23)c1. The summed E-state index contributed by atoms with van der Waals surface area (Å²) in [7, 11) is 1.53. The summed E-state index contributed by atoms with van der Waals surface area (Å²) >= 11 is 0. The van der Waals surface area contributed by atoms with E-state index in [0.717, 1.165) is 32.8 Å². The van der Waals surface area contributed by atoms with E-state index in [1.165, 1.54) is 11.6 Å². The second kappa shape index (κ2) is 6.20. The van der Waals surface area contributed by atoms with Gasteiger partial charge < -0.3 is 5.73 Å². The van der Waals surface area contributed by atoms with E-state index in [2.05, 4.69) is 11.1 Å². The fraction of sp³-hybridized carbons (Fsp3) is 0.300. The maximum atomic E-state index is 13.1. The van der Waals surface area contributed by atoms with Crippen LogP contribution in [0.25, 0.3) is 22.6 Å². The summed E-state index contributed by atoms with van der Waals surface area (Å²) in [4.78, 5) is 41.7. The number of amides is 1. The minimum Gasteiger partial charge on any atom is -0.368 e. The Morgan fingerprint density at radius 2 is 1.66 bits per heavy atom. The van der Waals surface area contributed by atoms with Crippen molar-refractivity contribution in [2.45, 2.75) is 34.2 Å². The average Bonchev–Trinajstić information content (AvgIpc) is 3.12. The Morgan fingerprint density at radius 3 is 2.24 bits per heavy atom. The van der Waals surface area contributed by atoms with Gasteiger partial charge in [0, 0.05) is 24.1 Å². The summed E-state index contributed by atoms with van der Waals surface area (Å²) in [6.07, 6.45) is 0. The van der Waals surface area contributed by atoms with E-state index >= 15 is 0 Å². The lowest BCUT2D eigenvalue weighted by atomic mass is 10.1. The van der Waals surface area contributed by atoms with Crippen molar-refractivity contribution in [3.63, 3.8) is 0 Å². The van der Waals surface area contributed by atoms with Crippen molar-refractivity contribution in [1.82, 2.24) is 23.1 Å². The van der Waals surface area contributed by atoms with Gasteiger partial charge in [-0.25, -0.2) is 9.36 Å². The van der Waals surface area contributed by atoms with Gasteiger partial charge in [0.25, 0.3) is 5.56 Å². The molecule has 0 saturated carbocycles. The van der Waals surface area contributed by atoms with Crippen LogP contribution in [-0.4, -0.2) is 29.0 Å². The predicted octanol–water partition coefficient (Wildman–Crippen LogP) is 0.858. The number of nitrogens with two attached hydrogens (primary N) is 1. The Labute approximate surface area is 165 Å². The third-order valence-corrected chi connectivity index (χ3v) is 5.30. The molecule has 4 aromatic rings. The van der Waals surface area contributed by atoms with Gasteiger partial charge in [0.2, 0.25) is 11.7 Å². The maximum Gasteiger partial charge on any atom is 0.332 e. The van der Waals surface area contributed by atoms with E-state index in [9.17, 15) is 14.4 Å². The molecule has 1 aromatic carbocycles. The minimum absolute atomic E-state index is 0.243. The van der Waals surface area contributed by atoms with Crippen LogP contribution < -0.4 is 17.0 Å². The normalized spacial score (nSPS) is 11.6. The van der Waals surface area contributed by atoms with Crippen molar-refractivity contribution in [2.24, 2.45) is 12.8 Å². The van der Waals surface area contributed by atoms with Gasteiger partial charge in [-0.05, 0) is 51.0 Å². The van der Waals surface area contributed by atoms with E-state index in [4.69, 9.17) is 5.73 Å². The molecule has 0 aliphatic heterocycles. The average molecular weight is 394 g/mol. The van der Waals surface area contributed by atoms with Gasteiger partial charge in [0.15, 0.2) is 11.2 Å². The highest BCUT2D eigenvalue weighted by Gasteiger charge is 2.23. The van der Waals surface area contributed by atoms with Crippen LogP contribution in [0.3, 0.4) is 0 Å². The fourth-order valence-corrected chi connectivity index (χ4v) is 3.93. The Morgan fingerprint density at radius 1 is 1.03 bits per heavy atom. The predicted molar refractivity (Wildman–Crippen MR) is 110 cm³/mol. The van der Waals surface area contributed by atoms with E-state index in [1.807, 2.05) is 44.4 Å². The number of rotatable bonds is 3. The van der Waals surface area contributed by atoms with Gasteiger partial charge in [-0.1, -0.05) is 6.07 Å². The molecule has 4 rings (SSSR count). The summed E-state index contributed by atoms with van der Waals surface area (Å²) in [6.45, 7) is 7.41. The van der Waals surface area contributed by atoms with Crippen LogP contribution >= 0.6 is 0 Å². The molecule has 0 aliphatic rings. The topological polar surface area (TPSA) is 109 Å². The van der Waals surface area contributed by atoms with Crippen LogP contribution in [0.2, 0.25) is 0 Å². The van der Waals surface area contributed by atoms with Gasteiger partial charge in [-0.3, -0.25) is 23.1 Å². The van der Waals surface area contributed by atoms with Crippen LogP contribution in [0.1, 0.15) is 22.5 Å². The standard InChI is InChI=1S/C20H22N6O3/c1-10-6-11(2)8-14(7-10)25-12(3)13(4)26-16-17(22-19(25)26)23(5)20(29)24(18(16)28)9-15(21)27/h6-8H,9H2,1-5H3,(H2,21,27). The first-order valence-corrected chi connectivity index (χ1v) is 9.18. The molecule has 0 saturated heterocycles. The lowest BCUT2D eigenvalue weighted by Gasteiger charge is -2.09. The van der Waals surface area contributed by atoms with Crippen LogP contribution in [0, 0.1) is 27.7 Å². The molecule has 9 nitrogen and oxygen atoms in total. The summed E-state index contributed by atoms with van der Waals surface area (Å²) in [5.41, 5.74) is 9.41. The highest BCUT2D eigenvalue weighted by atomic mass is 16.2. The molecule has 1 amide bonds. The quantitative estimate of drug-likeness (QED) is 0.556. The lowest BCUT2D eigenvalue weighted by molar-refractivity contribution is -0.118. The number of aromatic nitrogens is 5. The number of fused-ring (bicyclic) bond motifs is 3. The molecule has 150 valence electrons. The first-order chi connectivity index (χ1) is 13.6. The van der Waals surface area contributed by atoms with Crippen molar-refractivity contribution in [2.75, 3.05) is 0 Å². The Bertz CT molecular complexity index is 1430. The first kappa shape index (κ1) is 18.7. The number of hydrogen-bond donors (Lipinski definition) is 1. The number of carbonyl (C=O) groups excluding carboxylic acids is 1. The number of imidazole rings is 2. The second-order valence-corrected chi connectivity index (χ2v) is 7.47. The molecule has 0 fully saturated rings. The highest BCUT2D eigenvalue weighted by molar-refractivity contribution is 5.78. The number of hydrogen-bond acceptors (Lipinski definition) is 4. The summed E-state index contributed by atoms with van der Waals surface area (Å²) in [5, 5.41) is 0. The molecule has 29 heavy (non-hydrogen) atoms. The number of nitrogens with zero attached hydrogens (tertiary/aromatic N) is 5. The first-order valence-electron chi connectivity index (χ1n) is 9.18.